The number of hydrogen-bond acceptors (Lipinski definition) is 5. The van der Waals surface area contributed by atoms with Crippen molar-refractivity contribution in [3.63, 3.8) is 0 Å². The summed E-state index contributed by atoms with van der Waals surface area (Å²) in [7, 11) is 3.14. The molecule has 0 fully saturated rings. The van der Waals surface area contributed by atoms with Crippen LogP contribution in [-0.4, -0.2) is 20.0 Å². The molecule has 0 aliphatic heterocycles. The third-order valence-electron chi connectivity index (χ3n) is 4.08. The number of thiophene rings is 1. The van der Waals surface area contributed by atoms with Gasteiger partial charge >= 0.3 is 0 Å². The quantitative estimate of drug-likeness (QED) is 0.877. The number of hydrogen-bond donors (Lipinski definition) is 1. The van der Waals surface area contributed by atoms with Crippen LogP contribution in [0.4, 0.5) is 5.00 Å². The molecule has 1 heterocycles. The molecule has 4 nitrogen and oxygen atoms in total. The van der Waals surface area contributed by atoms with E-state index in [1.807, 2.05) is 0 Å². The molecule has 0 atom stereocenters. The maximum Gasteiger partial charge on any atom is 0.200 e. The molecule has 0 saturated heterocycles. The van der Waals surface area contributed by atoms with E-state index in [1.54, 1.807) is 43.8 Å². The monoisotopic (exact) mass is 317 g/mol. The molecule has 2 aromatic rings. The number of benzene rings is 1. The van der Waals surface area contributed by atoms with Crippen LogP contribution in [0.5, 0.6) is 11.5 Å². The molecule has 5 heteroatoms. The van der Waals surface area contributed by atoms with Gasteiger partial charge in [-0.2, -0.15) is 0 Å². The van der Waals surface area contributed by atoms with Gasteiger partial charge in [-0.05, 0) is 49.4 Å². The maximum absolute atomic E-state index is 13.0. The summed E-state index contributed by atoms with van der Waals surface area (Å²) >= 11 is 1.55. The van der Waals surface area contributed by atoms with Gasteiger partial charge in [0.2, 0.25) is 0 Å². The lowest BCUT2D eigenvalue weighted by atomic mass is 9.91. The molecule has 0 bridgehead atoms. The Morgan fingerprint density at radius 1 is 1.18 bits per heavy atom. The third kappa shape index (κ3) is 2.46. The highest BCUT2D eigenvalue weighted by Crippen LogP contribution is 2.39. The van der Waals surface area contributed by atoms with E-state index in [2.05, 4.69) is 0 Å². The fourth-order valence-corrected chi connectivity index (χ4v) is 4.12. The second-order valence-corrected chi connectivity index (χ2v) is 6.48. The van der Waals surface area contributed by atoms with E-state index < -0.39 is 0 Å². The molecule has 0 unspecified atom stereocenters. The van der Waals surface area contributed by atoms with E-state index >= 15 is 0 Å². The number of fused-ring (bicyclic) bond motifs is 1. The molecular formula is C17H19NO3S. The van der Waals surface area contributed by atoms with E-state index in [-0.39, 0.29) is 5.78 Å². The van der Waals surface area contributed by atoms with Crippen molar-refractivity contribution in [2.24, 2.45) is 0 Å². The van der Waals surface area contributed by atoms with Gasteiger partial charge in [0.25, 0.3) is 0 Å². The van der Waals surface area contributed by atoms with Crippen molar-refractivity contribution in [3.8, 4) is 11.5 Å². The Morgan fingerprint density at radius 3 is 2.68 bits per heavy atom. The van der Waals surface area contributed by atoms with Gasteiger partial charge < -0.3 is 15.2 Å². The fourth-order valence-electron chi connectivity index (χ4n) is 2.96. The first-order valence-electron chi connectivity index (χ1n) is 7.32. The third-order valence-corrected chi connectivity index (χ3v) is 5.20. The van der Waals surface area contributed by atoms with Crippen LogP contribution >= 0.6 is 11.3 Å². The lowest BCUT2D eigenvalue weighted by Gasteiger charge is -2.14. The van der Waals surface area contributed by atoms with Gasteiger partial charge in [0.15, 0.2) is 5.78 Å². The summed E-state index contributed by atoms with van der Waals surface area (Å²) in [5.41, 5.74) is 8.43. The average Bonchev–Trinajstić information content (AvgIpc) is 2.89. The van der Waals surface area contributed by atoms with Crippen molar-refractivity contribution in [3.05, 3.63) is 39.8 Å². The van der Waals surface area contributed by atoms with Crippen LogP contribution in [0.2, 0.25) is 0 Å². The Balaban J connectivity index is 2.10. The first-order valence-corrected chi connectivity index (χ1v) is 8.14. The first kappa shape index (κ1) is 14.9. The van der Waals surface area contributed by atoms with Crippen LogP contribution in [0, 0.1) is 0 Å². The van der Waals surface area contributed by atoms with Crippen LogP contribution in [-0.2, 0) is 12.8 Å². The summed E-state index contributed by atoms with van der Waals surface area (Å²) in [6, 6.07) is 5.25. The zero-order chi connectivity index (χ0) is 15.7. The number of carbonyl (C=O) groups is 1. The molecule has 0 amide bonds. The smallest absolute Gasteiger partial charge is 0.200 e. The normalized spacial score (nSPS) is 13.5. The molecule has 0 saturated carbocycles. The molecule has 1 aromatic heterocycles. The Morgan fingerprint density at radius 2 is 1.95 bits per heavy atom. The maximum atomic E-state index is 13.0. The van der Waals surface area contributed by atoms with Gasteiger partial charge in [-0.25, -0.2) is 0 Å². The number of nitrogens with two attached hydrogens (primary N) is 1. The number of ether oxygens (including phenoxy) is 2. The second-order valence-electron chi connectivity index (χ2n) is 5.35. The van der Waals surface area contributed by atoms with Crippen molar-refractivity contribution < 1.29 is 14.3 Å². The Hall–Kier alpha value is -2.01. The molecule has 22 heavy (non-hydrogen) atoms. The minimum absolute atomic E-state index is 0.0762. The average molecular weight is 317 g/mol. The largest absolute Gasteiger partial charge is 0.497 e. The lowest BCUT2D eigenvalue weighted by molar-refractivity contribution is 0.103. The van der Waals surface area contributed by atoms with Crippen LogP contribution in [0.25, 0.3) is 0 Å². The predicted octanol–water partition coefficient (Wildman–Crippen LogP) is 3.46. The molecule has 0 radical (unpaired) electrons. The summed E-state index contributed by atoms with van der Waals surface area (Å²) in [5.74, 6) is 1.10. The van der Waals surface area contributed by atoms with Crippen LogP contribution in [0.15, 0.2) is 18.2 Å². The van der Waals surface area contributed by atoms with Crippen LogP contribution in [0.1, 0.15) is 39.2 Å². The standard InChI is InChI=1S/C17H19NO3S/c1-20-10-7-8-13(21-2)12(9-10)16(19)15-11-5-3-4-6-14(11)22-17(15)18/h7-9H,3-6,18H2,1-2H3. The topological polar surface area (TPSA) is 61.5 Å². The zero-order valence-electron chi connectivity index (χ0n) is 12.8. The van der Waals surface area contributed by atoms with Crippen molar-refractivity contribution in [2.45, 2.75) is 25.7 Å². The fraction of sp³-hybridized carbons (Fsp3) is 0.353. The minimum Gasteiger partial charge on any atom is -0.497 e. The van der Waals surface area contributed by atoms with E-state index in [0.717, 1.165) is 24.8 Å². The van der Waals surface area contributed by atoms with Gasteiger partial charge in [0, 0.05) is 4.88 Å². The number of methoxy groups -OCH3 is 2. The highest BCUT2D eigenvalue weighted by atomic mass is 32.1. The van der Waals surface area contributed by atoms with E-state index in [1.165, 1.54) is 11.3 Å². The van der Waals surface area contributed by atoms with Crippen LogP contribution in [0.3, 0.4) is 0 Å². The zero-order valence-corrected chi connectivity index (χ0v) is 13.6. The number of ketones is 1. The van der Waals surface area contributed by atoms with E-state index in [9.17, 15) is 4.79 Å². The van der Waals surface area contributed by atoms with Gasteiger partial charge in [0.05, 0.1) is 30.3 Å². The summed E-state index contributed by atoms with van der Waals surface area (Å²) in [6.07, 6.45) is 4.23. The highest BCUT2D eigenvalue weighted by molar-refractivity contribution is 7.16. The van der Waals surface area contributed by atoms with E-state index in [4.69, 9.17) is 15.2 Å². The Kier molecular flexibility index (Phi) is 4.07. The molecule has 1 aromatic carbocycles. The van der Waals surface area contributed by atoms with Gasteiger partial charge in [-0.15, -0.1) is 11.3 Å². The van der Waals surface area contributed by atoms with Crippen LogP contribution < -0.4 is 15.2 Å². The molecule has 116 valence electrons. The molecule has 3 rings (SSSR count). The minimum atomic E-state index is -0.0762. The van der Waals surface area contributed by atoms with E-state index in [0.29, 0.717) is 27.6 Å². The summed E-state index contributed by atoms with van der Waals surface area (Å²) < 4.78 is 10.6. The molecule has 1 aliphatic rings. The molecular weight excluding hydrogens is 298 g/mol. The lowest BCUT2D eigenvalue weighted by Crippen LogP contribution is -2.10. The number of anilines is 1. The molecule has 1 aliphatic carbocycles. The number of carbonyl (C=O) groups excluding carboxylic acids is 1. The molecule has 2 N–H and O–H groups in total. The summed E-state index contributed by atoms with van der Waals surface area (Å²) in [4.78, 5) is 14.3. The summed E-state index contributed by atoms with van der Waals surface area (Å²) in [5, 5.41) is 0.613. The summed E-state index contributed by atoms with van der Waals surface area (Å²) in [6.45, 7) is 0. The van der Waals surface area contributed by atoms with Crippen molar-refractivity contribution >= 4 is 22.1 Å². The van der Waals surface area contributed by atoms with Crippen molar-refractivity contribution in [1.82, 2.24) is 0 Å². The van der Waals surface area contributed by atoms with Gasteiger partial charge in [0.1, 0.15) is 11.5 Å². The predicted molar refractivity (Wildman–Crippen MR) is 88.4 cm³/mol. The second kappa shape index (κ2) is 6.01. The highest BCUT2D eigenvalue weighted by Gasteiger charge is 2.26. The first-order chi connectivity index (χ1) is 10.7. The van der Waals surface area contributed by atoms with Crippen molar-refractivity contribution in [1.29, 1.82) is 0 Å². The van der Waals surface area contributed by atoms with Gasteiger partial charge in [-0.1, -0.05) is 0 Å². The number of aryl methyl sites for hydroxylation is 1. The Bertz CT molecular complexity index is 721. The molecule has 0 spiro atoms. The van der Waals surface area contributed by atoms with Gasteiger partial charge in [-0.3, -0.25) is 4.79 Å². The SMILES string of the molecule is COc1ccc(OC)c(C(=O)c2c(N)sc3c2CCCC3)c1. The number of nitrogen functional groups attached to an aromatic ring is 1. The number of rotatable bonds is 4. The Labute approximate surface area is 133 Å². The van der Waals surface area contributed by atoms with Crippen molar-refractivity contribution in [2.75, 3.05) is 20.0 Å².